The van der Waals surface area contributed by atoms with Crippen molar-refractivity contribution in [3.63, 3.8) is 0 Å². The molecule has 0 saturated heterocycles. The van der Waals surface area contributed by atoms with E-state index < -0.39 is 10.0 Å². The van der Waals surface area contributed by atoms with Crippen LogP contribution < -0.4 is 4.72 Å². The monoisotopic (exact) mass is 414 g/mol. The maximum atomic E-state index is 12.5. The topological polar surface area (TPSA) is 94.7 Å². The summed E-state index contributed by atoms with van der Waals surface area (Å²) in [6, 6.07) is 5.13. The first-order valence-corrected chi connectivity index (χ1v) is 9.92. The molecule has 0 fully saturated rings. The number of aryl methyl sites for hydroxylation is 1. The fraction of sp³-hybridized carbons (Fsp3) is 0.267. The summed E-state index contributed by atoms with van der Waals surface area (Å²) in [5.41, 5.74) is 1.34. The Morgan fingerprint density at radius 2 is 2.04 bits per heavy atom. The number of sulfonamides is 1. The van der Waals surface area contributed by atoms with E-state index in [9.17, 15) is 8.42 Å². The molecule has 0 atom stereocenters. The normalized spacial score (nSPS) is 11.7. The van der Waals surface area contributed by atoms with Gasteiger partial charge in [-0.1, -0.05) is 29.3 Å². The maximum Gasteiger partial charge on any atom is 0.267 e. The zero-order chi connectivity index (χ0) is 18.9. The van der Waals surface area contributed by atoms with Gasteiger partial charge < -0.3 is 0 Å². The van der Waals surface area contributed by atoms with Crippen LogP contribution in [0.4, 0.5) is 5.95 Å². The van der Waals surface area contributed by atoms with Gasteiger partial charge in [-0.3, -0.25) is 4.68 Å². The largest absolute Gasteiger partial charge is 0.269 e. The van der Waals surface area contributed by atoms with Crippen LogP contribution in [0.1, 0.15) is 18.2 Å². The Hall–Kier alpha value is -2.10. The maximum absolute atomic E-state index is 12.5. The molecule has 0 aliphatic rings. The molecule has 138 valence electrons. The van der Waals surface area contributed by atoms with Crippen molar-refractivity contribution in [1.29, 1.82) is 0 Å². The first-order chi connectivity index (χ1) is 12.3. The third-order valence-corrected chi connectivity index (χ3v) is 5.77. The minimum Gasteiger partial charge on any atom is -0.269 e. The fourth-order valence-electron chi connectivity index (χ4n) is 2.43. The molecule has 1 aromatic carbocycles. The smallest absolute Gasteiger partial charge is 0.267 e. The Bertz CT molecular complexity index is 1040. The molecule has 0 bridgehead atoms. The van der Waals surface area contributed by atoms with Crippen molar-refractivity contribution in [3.05, 3.63) is 52.0 Å². The van der Waals surface area contributed by atoms with Crippen molar-refractivity contribution in [1.82, 2.24) is 24.5 Å². The van der Waals surface area contributed by atoms with Crippen molar-refractivity contribution in [2.24, 2.45) is 0 Å². The van der Waals surface area contributed by atoms with Crippen LogP contribution in [0.15, 0.2) is 35.6 Å². The van der Waals surface area contributed by atoms with Gasteiger partial charge in [0.1, 0.15) is 11.2 Å². The van der Waals surface area contributed by atoms with Crippen molar-refractivity contribution in [2.45, 2.75) is 31.8 Å². The highest BCUT2D eigenvalue weighted by Crippen LogP contribution is 2.22. The molecule has 11 heteroatoms. The second-order valence-electron chi connectivity index (χ2n) is 5.52. The van der Waals surface area contributed by atoms with Crippen LogP contribution in [-0.2, 0) is 23.1 Å². The molecule has 2 aromatic heterocycles. The molecular formula is C15H16Cl2N6O2S. The van der Waals surface area contributed by atoms with E-state index in [-0.39, 0.29) is 10.8 Å². The number of nitrogens with one attached hydrogen (secondary N) is 1. The highest BCUT2D eigenvalue weighted by molar-refractivity contribution is 7.92. The Morgan fingerprint density at radius 3 is 2.69 bits per heavy atom. The van der Waals surface area contributed by atoms with E-state index in [1.807, 2.05) is 6.92 Å². The Labute approximate surface area is 160 Å². The zero-order valence-electron chi connectivity index (χ0n) is 14.0. The third-order valence-electron chi connectivity index (χ3n) is 3.76. The van der Waals surface area contributed by atoms with Gasteiger partial charge in [-0.05, 0) is 31.5 Å². The van der Waals surface area contributed by atoms with Crippen molar-refractivity contribution in [2.75, 3.05) is 4.72 Å². The molecule has 0 radical (unpaired) electrons. The van der Waals surface area contributed by atoms with Gasteiger partial charge in [-0.25, -0.2) is 17.8 Å². The fourth-order valence-corrected chi connectivity index (χ4v) is 4.02. The van der Waals surface area contributed by atoms with Gasteiger partial charge in [0, 0.05) is 16.6 Å². The molecule has 0 aliphatic heterocycles. The first kappa shape index (κ1) is 18.7. The van der Waals surface area contributed by atoms with Crippen molar-refractivity contribution >= 4 is 39.2 Å². The number of anilines is 1. The Morgan fingerprint density at radius 1 is 1.27 bits per heavy atom. The van der Waals surface area contributed by atoms with Crippen LogP contribution in [0.5, 0.6) is 0 Å². The molecule has 3 rings (SSSR count). The van der Waals surface area contributed by atoms with E-state index in [1.54, 1.807) is 29.8 Å². The van der Waals surface area contributed by atoms with Crippen LogP contribution in [0.25, 0.3) is 0 Å². The summed E-state index contributed by atoms with van der Waals surface area (Å²) in [6.45, 7) is 4.49. The van der Waals surface area contributed by atoms with E-state index >= 15 is 0 Å². The highest BCUT2D eigenvalue weighted by atomic mass is 35.5. The molecule has 1 N–H and O–H groups in total. The van der Waals surface area contributed by atoms with E-state index in [2.05, 4.69) is 19.9 Å². The number of halogens is 2. The number of rotatable bonds is 6. The van der Waals surface area contributed by atoms with E-state index in [4.69, 9.17) is 23.2 Å². The standard InChI is InChI=1S/C15H16Cl2N6O2S/c1-3-23-10(2)14(7-19-23)26(24,25)21-15-18-9-22(20-15)8-11-4-5-12(16)6-13(11)17/h4-7,9H,3,8H2,1-2H3,(H,20,21). The lowest BCUT2D eigenvalue weighted by Gasteiger charge is -2.05. The molecule has 0 aliphatic carbocycles. The van der Waals surface area contributed by atoms with Crippen LogP contribution in [0, 0.1) is 6.92 Å². The molecule has 0 spiro atoms. The van der Waals surface area contributed by atoms with E-state index in [1.165, 1.54) is 17.2 Å². The predicted octanol–water partition coefficient (Wildman–Crippen LogP) is 2.96. The molecule has 8 nitrogen and oxygen atoms in total. The highest BCUT2D eigenvalue weighted by Gasteiger charge is 2.22. The number of hydrogen-bond acceptors (Lipinski definition) is 5. The van der Waals surface area contributed by atoms with Gasteiger partial charge in [-0.15, -0.1) is 5.10 Å². The second kappa shape index (κ2) is 7.26. The lowest BCUT2D eigenvalue weighted by molar-refractivity contribution is 0.597. The minimum absolute atomic E-state index is 0.0289. The van der Waals surface area contributed by atoms with Gasteiger partial charge in [-0.2, -0.15) is 10.1 Å². The number of benzene rings is 1. The quantitative estimate of drug-likeness (QED) is 0.668. The predicted molar refractivity (Wildman–Crippen MR) is 99.0 cm³/mol. The average Bonchev–Trinajstić information content (AvgIpc) is 3.16. The third kappa shape index (κ3) is 3.84. The Balaban J connectivity index is 1.78. The van der Waals surface area contributed by atoms with Gasteiger partial charge in [0.05, 0.1) is 18.4 Å². The summed E-state index contributed by atoms with van der Waals surface area (Å²) < 4.78 is 30.5. The SMILES string of the molecule is CCn1ncc(S(=O)(=O)Nc2ncn(Cc3ccc(Cl)cc3Cl)n2)c1C. The average molecular weight is 415 g/mol. The summed E-state index contributed by atoms with van der Waals surface area (Å²) in [5.74, 6) is -0.0289. The van der Waals surface area contributed by atoms with Gasteiger partial charge in [0.25, 0.3) is 16.0 Å². The molecule has 3 aromatic rings. The number of hydrogen-bond donors (Lipinski definition) is 1. The molecule has 2 heterocycles. The van der Waals surface area contributed by atoms with Crippen LogP contribution in [0.2, 0.25) is 10.0 Å². The summed E-state index contributed by atoms with van der Waals surface area (Å²) in [7, 11) is -3.82. The van der Waals surface area contributed by atoms with Crippen LogP contribution in [0.3, 0.4) is 0 Å². The summed E-state index contributed by atoms with van der Waals surface area (Å²) in [6.07, 6.45) is 2.73. The summed E-state index contributed by atoms with van der Waals surface area (Å²) in [4.78, 5) is 4.09. The number of nitrogens with zero attached hydrogens (tertiary/aromatic N) is 5. The van der Waals surface area contributed by atoms with Gasteiger partial charge in [0.15, 0.2) is 0 Å². The summed E-state index contributed by atoms with van der Waals surface area (Å²) in [5, 5.41) is 9.21. The molecular weight excluding hydrogens is 399 g/mol. The molecule has 0 saturated carbocycles. The zero-order valence-corrected chi connectivity index (χ0v) is 16.3. The van der Waals surface area contributed by atoms with Crippen molar-refractivity contribution < 1.29 is 8.42 Å². The lowest BCUT2D eigenvalue weighted by Crippen LogP contribution is -2.15. The van der Waals surface area contributed by atoms with Gasteiger partial charge in [0.2, 0.25) is 0 Å². The summed E-state index contributed by atoms with van der Waals surface area (Å²) >= 11 is 12.0. The van der Waals surface area contributed by atoms with E-state index in [0.717, 1.165) is 5.56 Å². The van der Waals surface area contributed by atoms with Gasteiger partial charge >= 0.3 is 0 Å². The van der Waals surface area contributed by atoms with Crippen molar-refractivity contribution in [3.8, 4) is 0 Å². The molecule has 26 heavy (non-hydrogen) atoms. The Kier molecular flexibility index (Phi) is 5.22. The molecule has 0 unspecified atom stereocenters. The van der Waals surface area contributed by atoms with Crippen LogP contribution >= 0.6 is 23.2 Å². The second-order valence-corrected chi connectivity index (χ2v) is 8.01. The molecule has 0 amide bonds. The minimum atomic E-state index is -3.82. The number of aromatic nitrogens is 5. The lowest BCUT2D eigenvalue weighted by atomic mass is 10.2. The van der Waals surface area contributed by atoms with Crippen LogP contribution in [-0.4, -0.2) is 33.0 Å². The first-order valence-electron chi connectivity index (χ1n) is 7.68. The van der Waals surface area contributed by atoms with E-state index in [0.29, 0.717) is 28.8 Å².